The molecular formula is C21H24FNO5. The Morgan fingerprint density at radius 3 is 2.50 bits per heavy atom. The van der Waals surface area contributed by atoms with E-state index in [4.69, 9.17) is 9.47 Å². The molecule has 0 aliphatic carbocycles. The van der Waals surface area contributed by atoms with Gasteiger partial charge in [-0.25, -0.2) is 9.18 Å². The molecule has 2 aromatic rings. The van der Waals surface area contributed by atoms with Crippen molar-refractivity contribution in [2.75, 3.05) is 20.2 Å². The Kier molecular flexibility index (Phi) is 5.47. The second-order valence-corrected chi connectivity index (χ2v) is 7.36. The molecule has 0 saturated carbocycles. The van der Waals surface area contributed by atoms with Crippen LogP contribution >= 0.6 is 0 Å². The topological polar surface area (TPSA) is 79.2 Å². The molecule has 0 aromatic heterocycles. The summed E-state index contributed by atoms with van der Waals surface area (Å²) in [5.41, 5.74) is 0.199. The van der Waals surface area contributed by atoms with Gasteiger partial charge in [0.15, 0.2) is 11.5 Å². The number of likely N-dealkylation sites (tertiary alicyclic amines) is 1. The molecule has 0 bridgehead atoms. The van der Waals surface area contributed by atoms with Gasteiger partial charge in [-0.3, -0.25) is 0 Å². The maximum absolute atomic E-state index is 13.1. The van der Waals surface area contributed by atoms with Gasteiger partial charge >= 0.3 is 6.09 Å². The number of aliphatic hydroxyl groups excluding tert-OH is 1. The first kappa shape index (κ1) is 19.9. The molecule has 6 nitrogen and oxygen atoms in total. The maximum atomic E-state index is 13.1. The highest BCUT2D eigenvalue weighted by Gasteiger charge is 2.48. The highest BCUT2D eigenvalue weighted by Crippen LogP contribution is 2.47. The van der Waals surface area contributed by atoms with Gasteiger partial charge in [0, 0.05) is 24.4 Å². The van der Waals surface area contributed by atoms with E-state index in [-0.39, 0.29) is 24.8 Å². The molecule has 3 atom stereocenters. The van der Waals surface area contributed by atoms with Gasteiger partial charge in [0.25, 0.3) is 0 Å². The Morgan fingerprint density at radius 1 is 1.25 bits per heavy atom. The lowest BCUT2D eigenvalue weighted by molar-refractivity contribution is 0.0481. The molecule has 1 aliphatic heterocycles. The van der Waals surface area contributed by atoms with E-state index in [0.29, 0.717) is 17.2 Å². The lowest BCUT2D eigenvalue weighted by Gasteiger charge is -2.33. The summed E-state index contributed by atoms with van der Waals surface area (Å²) in [7, 11) is 1.52. The third-order valence-corrected chi connectivity index (χ3v) is 5.59. The molecule has 7 heteroatoms. The maximum Gasteiger partial charge on any atom is 0.407 e. The summed E-state index contributed by atoms with van der Waals surface area (Å²) in [4.78, 5) is 12.8. The number of nitrogens with zero attached hydrogens (tertiary/aromatic N) is 1. The van der Waals surface area contributed by atoms with Gasteiger partial charge in [-0.05, 0) is 48.9 Å². The van der Waals surface area contributed by atoms with Gasteiger partial charge in [0.05, 0.1) is 13.2 Å². The summed E-state index contributed by atoms with van der Waals surface area (Å²) in [6.07, 6.45) is -1.71. The van der Waals surface area contributed by atoms with Crippen LogP contribution in [0.25, 0.3) is 0 Å². The van der Waals surface area contributed by atoms with Gasteiger partial charge in [0.2, 0.25) is 0 Å². The van der Waals surface area contributed by atoms with Crippen molar-refractivity contribution in [1.82, 2.24) is 4.90 Å². The van der Waals surface area contributed by atoms with Crippen molar-refractivity contribution in [2.24, 2.45) is 5.41 Å². The predicted octanol–water partition coefficient (Wildman–Crippen LogP) is 4.09. The van der Waals surface area contributed by atoms with Crippen LogP contribution in [-0.4, -0.2) is 47.5 Å². The molecule has 1 fully saturated rings. The zero-order chi connectivity index (χ0) is 20.5. The number of methoxy groups -OCH3 is 1. The number of ether oxygens (including phenoxy) is 2. The monoisotopic (exact) mass is 389 g/mol. The minimum Gasteiger partial charge on any atom is -0.493 e. The lowest BCUT2D eigenvalue weighted by atomic mass is 9.72. The molecule has 150 valence electrons. The molecule has 28 heavy (non-hydrogen) atoms. The highest BCUT2D eigenvalue weighted by atomic mass is 19.1. The quantitative estimate of drug-likeness (QED) is 0.805. The molecular weight excluding hydrogens is 365 g/mol. The molecule has 0 radical (unpaired) electrons. The van der Waals surface area contributed by atoms with E-state index in [1.807, 2.05) is 13.0 Å². The van der Waals surface area contributed by atoms with Gasteiger partial charge in [-0.1, -0.05) is 13.0 Å². The molecule has 0 unspecified atom stereocenters. The van der Waals surface area contributed by atoms with Crippen molar-refractivity contribution >= 4 is 6.09 Å². The van der Waals surface area contributed by atoms with Gasteiger partial charge in [-0.15, -0.1) is 0 Å². The van der Waals surface area contributed by atoms with E-state index in [2.05, 4.69) is 0 Å². The summed E-state index contributed by atoms with van der Waals surface area (Å²) in [6.45, 7) is 4.08. The molecule has 2 N–H and O–H groups in total. The minimum absolute atomic E-state index is 0.218. The Labute approximate surface area is 163 Å². The van der Waals surface area contributed by atoms with Gasteiger partial charge in [-0.2, -0.15) is 0 Å². The van der Waals surface area contributed by atoms with Crippen molar-refractivity contribution in [1.29, 1.82) is 0 Å². The number of amides is 1. The molecule has 1 heterocycles. The summed E-state index contributed by atoms with van der Waals surface area (Å²) in [5, 5.41) is 19.8. The standard InChI is InChI=1S/C21H24FNO5/c1-13(24)21(2)12-23(20(25)26)11-17(21)14-4-9-18(27-3)19(10-14)28-16-7-5-15(22)6-8-16/h4-10,13,17,24H,11-12H2,1-3H3,(H,25,26)/t13-,17+,21+/m1/s1. The summed E-state index contributed by atoms with van der Waals surface area (Å²) < 4.78 is 24.4. The minimum atomic E-state index is -1.01. The van der Waals surface area contributed by atoms with Crippen LogP contribution in [0.2, 0.25) is 0 Å². The largest absolute Gasteiger partial charge is 0.493 e. The molecule has 0 spiro atoms. The van der Waals surface area contributed by atoms with Crippen LogP contribution in [0.1, 0.15) is 25.3 Å². The van der Waals surface area contributed by atoms with Crippen molar-refractivity contribution in [3.63, 3.8) is 0 Å². The summed E-state index contributed by atoms with van der Waals surface area (Å²) >= 11 is 0. The third kappa shape index (κ3) is 3.75. The van der Waals surface area contributed by atoms with E-state index in [0.717, 1.165) is 5.56 Å². The van der Waals surface area contributed by atoms with Crippen LogP contribution in [0, 0.1) is 11.2 Å². The number of rotatable bonds is 5. The predicted molar refractivity (Wildman–Crippen MR) is 102 cm³/mol. The lowest BCUT2D eigenvalue weighted by Crippen LogP contribution is -2.37. The van der Waals surface area contributed by atoms with E-state index in [9.17, 15) is 19.4 Å². The number of benzene rings is 2. The Balaban J connectivity index is 1.97. The Morgan fingerprint density at radius 2 is 1.93 bits per heavy atom. The average molecular weight is 389 g/mol. The first-order valence-corrected chi connectivity index (χ1v) is 9.02. The van der Waals surface area contributed by atoms with E-state index in [1.54, 1.807) is 19.1 Å². The van der Waals surface area contributed by atoms with E-state index < -0.39 is 17.6 Å². The fourth-order valence-electron chi connectivity index (χ4n) is 3.69. The molecule has 1 saturated heterocycles. The normalized spacial score (nSPS) is 22.8. The number of hydrogen-bond acceptors (Lipinski definition) is 4. The van der Waals surface area contributed by atoms with Gasteiger partial charge in [0.1, 0.15) is 11.6 Å². The second-order valence-electron chi connectivity index (χ2n) is 7.36. The van der Waals surface area contributed by atoms with E-state index in [1.165, 1.54) is 36.3 Å². The van der Waals surface area contributed by atoms with Crippen molar-refractivity contribution in [3.05, 3.63) is 53.8 Å². The molecule has 1 amide bonds. The van der Waals surface area contributed by atoms with Gasteiger partial charge < -0.3 is 24.6 Å². The average Bonchev–Trinajstić information content (AvgIpc) is 3.03. The Bertz CT molecular complexity index is 854. The second kappa shape index (κ2) is 7.67. The van der Waals surface area contributed by atoms with Crippen LogP contribution < -0.4 is 9.47 Å². The number of carbonyl (C=O) groups is 1. The van der Waals surface area contributed by atoms with Crippen LogP contribution in [0.3, 0.4) is 0 Å². The van der Waals surface area contributed by atoms with Crippen molar-refractivity contribution in [2.45, 2.75) is 25.9 Å². The third-order valence-electron chi connectivity index (χ3n) is 5.59. The van der Waals surface area contributed by atoms with Crippen molar-refractivity contribution in [3.8, 4) is 17.2 Å². The number of aliphatic hydroxyl groups is 1. The fraction of sp³-hybridized carbons (Fsp3) is 0.381. The first-order valence-electron chi connectivity index (χ1n) is 9.02. The molecule has 2 aromatic carbocycles. The van der Waals surface area contributed by atoms with Crippen molar-refractivity contribution < 1.29 is 28.9 Å². The van der Waals surface area contributed by atoms with E-state index >= 15 is 0 Å². The number of carboxylic acid groups (broad SMARTS) is 1. The SMILES string of the molecule is COc1ccc([C@@H]2CN(C(=O)O)C[C@@]2(C)[C@@H](C)O)cc1Oc1ccc(F)cc1. The summed E-state index contributed by atoms with van der Waals surface area (Å²) in [6, 6.07) is 11.0. The zero-order valence-corrected chi connectivity index (χ0v) is 16.1. The first-order chi connectivity index (χ1) is 13.2. The van der Waals surface area contributed by atoms with Crippen LogP contribution in [-0.2, 0) is 0 Å². The summed E-state index contributed by atoms with van der Waals surface area (Å²) in [5.74, 6) is 0.813. The number of hydrogen-bond donors (Lipinski definition) is 2. The number of halogens is 1. The molecule has 3 rings (SSSR count). The van der Waals surface area contributed by atoms with Crippen LogP contribution in [0.15, 0.2) is 42.5 Å². The highest BCUT2D eigenvalue weighted by molar-refractivity contribution is 5.66. The fourth-order valence-corrected chi connectivity index (χ4v) is 3.69. The Hall–Kier alpha value is -2.80. The van der Waals surface area contributed by atoms with Crippen LogP contribution in [0.4, 0.5) is 9.18 Å². The van der Waals surface area contributed by atoms with Crippen LogP contribution in [0.5, 0.6) is 17.2 Å². The zero-order valence-electron chi connectivity index (χ0n) is 16.1. The smallest absolute Gasteiger partial charge is 0.407 e. The molecule has 1 aliphatic rings.